The minimum Gasteiger partial charge on any atom is -0.337 e. The van der Waals surface area contributed by atoms with Gasteiger partial charge in [-0.15, -0.1) is 0 Å². The fraction of sp³-hybridized carbons (Fsp3) is 0.727. The van der Waals surface area contributed by atoms with Crippen molar-refractivity contribution < 1.29 is 0 Å². The lowest BCUT2D eigenvalue weighted by molar-refractivity contribution is 0.485. The maximum absolute atomic E-state index is 5.33. The van der Waals surface area contributed by atoms with Crippen molar-refractivity contribution in [1.29, 1.82) is 0 Å². The number of hydrogen-bond donors (Lipinski definition) is 1. The molecular weight excluding hydrogens is 224 g/mol. The van der Waals surface area contributed by atoms with Crippen LogP contribution in [0.5, 0.6) is 0 Å². The summed E-state index contributed by atoms with van der Waals surface area (Å²) >= 11 is 7.19. The second kappa shape index (κ2) is 4.74. The molecular formula is C11H20N2S2. The highest BCUT2D eigenvalue weighted by Crippen LogP contribution is 2.26. The number of H-pyrrole nitrogens is 1. The second-order valence-electron chi connectivity index (χ2n) is 4.90. The minimum absolute atomic E-state index is 0.139. The Labute approximate surface area is 101 Å². The summed E-state index contributed by atoms with van der Waals surface area (Å²) in [6, 6.07) is 0.452. The Morgan fingerprint density at radius 1 is 1.53 bits per heavy atom. The highest BCUT2D eigenvalue weighted by atomic mass is 32.2. The van der Waals surface area contributed by atoms with Crippen LogP contribution in [0.4, 0.5) is 0 Å². The lowest BCUT2D eigenvalue weighted by atomic mass is 9.92. The number of nitrogens with zero attached hydrogens (tertiary/aromatic N) is 1. The first-order chi connectivity index (χ1) is 6.88. The summed E-state index contributed by atoms with van der Waals surface area (Å²) in [5, 5.41) is 0. The van der Waals surface area contributed by atoms with E-state index in [1.165, 1.54) is 5.69 Å². The molecule has 0 aliphatic carbocycles. The molecule has 1 rings (SSSR count). The number of aromatic nitrogens is 2. The summed E-state index contributed by atoms with van der Waals surface area (Å²) < 4.78 is 3.08. The number of aromatic amines is 1. The van der Waals surface area contributed by atoms with Crippen LogP contribution in [0.1, 0.15) is 39.4 Å². The molecule has 1 aromatic rings. The monoisotopic (exact) mass is 244 g/mol. The third-order valence-corrected chi connectivity index (χ3v) is 3.56. The molecule has 0 radical (unpaired) electrons. The Hall–Kier alpha value is -0.220. The molecule has 0 saturated carbocycles. The third-order valence-electron chi connectivity index (χ3n) is 2.43. The van der Waals surface area contributed by atoms with Crippen LogP contribution >= 0.6 is 24.0 Å². The summed E-state index contributed by atoms with van der Waals surface area (Å²) in [4.78, 5) is 3.15. The standard InChI is InChI=1S/C11H20N2S2/c1-8(7-15-5)13-9(11(2,3)4)6-12-10(13)14/h6,8H,7H2,1-5H3,(H,12,14). The van der Waals surface area contributed by atoms with Gasteiger partial charge in [0.05, 0.1) is 0 Å². The van der Waals surface area contributed by atoms with Gasteiger partial charge >= 0.3 is 0 Å². The molecule has 1 unspecified atom stereocenters. The van der Waals surface area contributed by atoms with Gasteiger partial charge in [0.25, 0.3) is 0 Å². The number of hydrogen-bond acceptors (Lipinski definition) is 2. The normalized spacial score (nSPS) is 14.2. The molecule has 0 aromatic carbocycles. The van der Waals surface area contributed by atoms with Gasteiger partial charge in [-0.2, -0.15) is 11.8 Å². The lowest BCUT2D eigenvalue weighted by Gasteiger charge is -2.24. The van der Waals surface area contributed by atoms with Crippen molar-refractivity contribution in [1.82, 2.24) is 9.55 Å². The SMILES string of the molecule is CSCC(C)n1c(C(C)(C)C)c[nH]c1=S. The predicted octanol–water partition coefficient (Wildman–Crippen LogP) is 3.77. The van der Waals surface area contributed by atoms with Crippen LogP contribution in [0.15, 0.2) is 6.20 Å². The van der Waals surface area contributed by atoms with E-state index < -0.39 is 0 Å². The fourth-order valence-electron chi connectivity index (χ4n) is 1.71. The van der Waals surface area contributed by atoms with Gasteiger partial charge in [-0.3, -0.25) is 0 Å². The Morgan fingerprint density at radius 2 is 2.13 bits per heavy atom. The topological polar surface area (TPSA) is 20.7 Å². The van der Waals surface area contributed by atoms with Gasteiger partial charge in [0.15, 0.2) is 4.77 Å². The zero-order valence-electron chi connectivity index (χ0n) is 10.1. The highest BCUT2D eigenvalue weighted by Gasteiger charge is 2.21. The molecule has 0 aliphatic heterocycles. The van der Waals surface area contributed by atoms with Crippen LogP contribution in [0.25, 0.3) is 0 Å². The van der Waals surface area contributed by atoms with E-state index in [1.54, 1.807) is 0 Å². The minimum atomic E-state index is 0.139. The quantitative estimate of drug-likeness (QED) is 0.817. The number of nitrogens with one attached hydrogen (secondary N) is 1. The fourth-order valence-corrected chi connectivity index (χ4v) is 2.68. The van der Waals surface area contributed by atoms with Gasteiger partial charge in [0.1, 0.15) is 0 Å². The van der Waals surface area contributed by atoms with Crippen molar-refractivity contribution >= 4 is 24.0 Å². The van der Waals surface area contributed by atoms with Crippen LogP contribution in [-0.2, 0) is 5.41 Å². The van der Waals surface area contributed by atoms with Crippen molar-refractivity contribution in [3.63, 3.8) is 0 Å². The molecule has 4 heteroatoms. The molecule has 0 saturated heterocycles. The van der Waals surface area contributed by atoms with E-state index in [9.17, 15) is 0 Å². The first-order valence-corrected chi connectivity index (χ1v) is 6.97. The van der Waals surface area contributed by atoms with Gasteiger partial charge in [0, 0.05) is 29.1 Å². The van der Waals surface area contributed by atoms with E-state index in [2.05, 4.69) is 43.5 Å². The lowest BCUT2D eigenvalue weighted by Crippen LogP contribution is -2.20. The van der Waals surface area contributed by atoms with Crippen molar-refractivity contribution in [2.24, 2.45) is 0 Å². The van der Waals surface area contributed by atoms with E-state index in [-0.39, 0.29) is 5.41 Å². The average molecular weight is 244 g/mol. The Morgan fingerprint density at radius 3 is 2.60 bits per heavy atom. The summed E-state index contributed by atoms with van der Waals surface area (Å²) in [6.07, 6.45) is 4.17. The van der Waals surface area contributed by atoms with Gasteiger partial charge in [-0.1, -0.05) is 20.8 Å². The molecule has 1 heterocycles. The van der Waals surface area contributed by atoms with Crippen LogP contribution in [0.2, 0.25) is 0 Å². The summed E-state index contributed by atoms with van der Waals surface area (Å²) in [6.45, 7) is 8.86. The van der Waals surface area contributed by atoms with Crippen LogP contribution in [-0.4, -0.2) is 21.6 Å². The first kappa shape index (κ1) is 12.8. The van der Waals surface area contributed by atoms with Gasteiger partial charge < -0.3 is 9.55 Å². The molecule has 1 N–H and O–H groups in total. The second-order valence-corrected chi connectivity index (χ2v) is 6.20. The van der Waals surface area contributed by atoms with E-state index >= 15 is 0 Å². The molecule has 2 nitrogen and oxygen atoms in total. The maximum Gasteiger partial charge on any atom is 0.177 e. The molecule has 1 atom stereocenters. The van der Waals surface area contributed by atoms with Crippen molar-refractivity contribution in [3.05, 3.63) is 16.7 Å². The largest absolute Gasteiger partial charge is 0.337 e. The average Bonchev–Trinajstić information content (AvgIpc) is 2.46. The molecule has 15 heavy (non-hydrogen) atoms. The zero-order chi connectivity index (χ0) is 11.6. The molecule has 0 fully saturated rings. The van der Waals surface area contributed by atoms with Gasteiger partial charge in [0.2, 0.25) is 0 Å². The van der Waals surface area contributed by atoms with Gasteiger partial charge in [-0.05, 0) is 25.4 Å². The van der Waals surface area contributed by atoms with E-state index in [4.69, 9.17) is 12.2 Å². The number of imidazole rings is 1. The zero-order valence-corrected chi connectivity index (χ0v) is 11.8. The molecule has 86 valence electrons. The van der Waals surface area contributed by atoms with E-state index in [1.807, 2.05) is 18.0 Å². The van der Waals surface area contributed by atoms with Gasteiger partial charge in [-0.25, -0.2) is 0 Å². The summed E-state index contributed by atoms with van der Waals surface area (Å²) in [5.74, 6) is 1.09. The molecule has 0 bridgehead atoms. The van der Waals surface area contributed by atoms with Crippen molar-refractivity contribution in [3.8, 4) is 0 Å². The highest BCUT2D eigenvalue weighted by molar-refractivity contribution is 7.98. The number of rotatable bonds is 3. The van der Waals surface area contributed by atoms with E-state index in [0.29, 0.717) is 6.04 Å². The van der Waals surface area contributed by atoms with Crippen molar-refractivity contribution in [2.75, 3.05) is 12.0 Å². The molecule has 1 aromatic heterocycles. The molecule has 0 amide bonds. The predicted molar refractivity (Wildman–Crippen MR) is 71.4 cm³/mol. The Kier molecular flexibility index (Phi) is 4.06. The molecule has 0 spiro atoms. The maximum atomic E-state index is 5.33. The van der Waals surface area contributed by atoms with Crippen molar-refractivity contribution in [2.45, 2.75) is 39.2 Å². The third kappa shape index (κ3) is 2.88. The Bertz CT molecular complexity index is 371. The van der Waals surface area contributed by atoms with Crippen LogP contribution in [0, 0.1) is 4.77 Å². The van der Waals surface area contributed by atoms with E-state index in [0.717, 1.165) is 10.5 Å². The van der Waals surface area contributed by atoms with Crippen LogP contribution in [0.3, 0.4) is 0 Å². The summed E-state index contributed by atoms with van der Waals surface area (Å²) in [5.41, 5.74) is 1.43. The summed E-state index contributed by atoms with van der Waals surface area (Å²) in [7, 11) is 0. The smallest absolute Gasteiger partial charge is 0.177 e. The van der Waals surface area contributed by atoms with Crippen LogP contribution < -0.4 is 0 Å². The number of thioether (sulfide) groups is 1. The first-order valence-electron chi connectivity index (χ1n) is 5.17. The Balaban J connectivity index is 3.16. The molecule has 0 aliphatic rings.